The first-order chi connectivity index (χ1) is 9.69. The van der Waals surface area contributed by atoms with Crippen molar-refractivity contribution in [3.8, 4) is 0 Å². The number of aliphatic hydroxyl groups is 1. The molecule has 21 heavy (non-hydrogen) atoms. The van der Waals surface area contributed by atoms with Gasteiger partial charge in [0.25, 0.3) is 0 Å². The summed E-state index contributed by atoms with van der Waals surface area (Å²) in [5, 5.41) is 10.4. The standard InChI is InChI=1S/C19H31IO/c1-13(21)18(3)9-5-10-19(4)15-8-11-17(2,20)12-14(15)6-7-16(18)19/h8,13-14,16,21H,5-7,9-12H2,1-4H3/t13?,14?,16?,17-,18-,19-/m0/s1. The highest BCUT2D eigenvalue weighted by molar-refractivity contribution is 14.1. The minimum Gasteiger partial charge on any atom is -0.393 e. The fraction of sp³-hybridized carbons (Fsp3) is 0.895. The molecule has 0 aromatic heterocycles. The lowest BCUT2D eigenvalue weighted by molar-refractivity contribution is -0.0905. The van der Waals surface area contributed by atoms with Crippen molar-refractivity contribution in [2.45, 2.75) is 82.2 Å². The van der Waals surface area contributed by atoms with Gasteiger partial charge in [-0.15, -0.1) is 0 Å². The third kappa shape index (κ3) is 2.52. The second-order valence-corrected chi connectivity index (χ2v) is 11.4. The Labute approximate surface area is 144 Å². The molecule has 2 heteroatoms. The SMILES string of the molecule is CC(O)[C@]1(C)CCC[C@@]2(C)C3=CC[C@](C)(I)CC3CCC12. The number of halogens is 1. The molecular weight excluding hydrogens is 371 g/mol. The maximum Gasteiger partial charge on any atom is 0.0568 e. The molecule has 0 aromatic carbocycles. The van der Waals surface area contributed by atoms with Gasteiger partial charge in [0.1, 0.15) is 0 Å². The van der Waals surface area contributed by atoms with Crippen molar-refractivity contribution in [2.75, 3.05) is 0 Å². The van der Waals surface area contributed by atoms with E-state index in [4.69, 9.17) is 0 Å². The van der Waals surface area contributed by atoms with Crippen LogP contribution in [0.5, 0.6) is 0 Å². The predicted octanol–water partition coefficient (Wildman–Crippen LogP) is 5.50. The fourth-order valence-electron chi connectivity index (χ4n) is 5.93. The van der Waals surface area contributed by atoms with Crippen LogP contribution in [0.4, 0.5) is 0 Å². The minimum absolute atomic E-state index is 0.115. The van der Waals surface area contributed by atoms with E-state index in [0.717, 1.165) is 5.92 Å². The van der Waals surface area contributed by atoms with Crippen LogP contribution in [-0.4, -0.2) is 14.6 Å². The molecule has 0 aliphatic heterocycles. The van der Waals surface area contributed by atoms with Crippen LogP contribution in [0.15, 0.2) is 11.6 Å². The first-order valence-corrected chi connectivity index (χ1v) is 9.84. The quantitative estimate of drug-likeness (QED) is 0.349. The van der Waals surface area contributed by atoms with E-state index in [-0.39, 0.29) is 11.5 Å². The molecule has 3 unspecified atom stereocenters. The van der Waals surface area contributed by atoms with Gasteiger partial charge < -0.3 is 5.11 Å². The van der Waals surface area contributed by atoms with Crippen LogP contribution in [0.3, 0.4) is 0 Å². The summed E-state index contributed by atoms with van der Waals surface area (Å²) in [6.45, 7) is 9.31. The number of hydrogen-bond donors (Lipinski definition) is 1. The largest absolute Gasteiger partial charge is 0.393 e. The lowest BCUT2D eigenvalue weighted by Gasteiger charge is -2.60. The highest BCUT2D eigenvalue weighted by Gasteiger charge is 2.56. The average Bonchev–Trinajstić information content (AvgIpc) is 2.36. The van der Waals surface area contributed by atoms with Crippen molar-refractivity contribution in [3.63, 3.8) is 0 Å². The molecule has 3 aliphatic rings. The molecule has 1 nitrogen and oxygen atoms in total. The van der Waals surface area contributed by atoms with Gasteiger partial charge in [-0.05, 0) is 68.1 Å². The Morgan fingerprint density at radius 1 is 1.24 bits per heavy atom. The van der Waals surface area contributed by atoms with Crippen LogP contribution in [0.1, 0.15) is 72.6 Å². The number of rotatable bonds is 1. The van der Waals surface area contributed by atoms with Gasteiger partial charge in [0.2, 0.25) is 0 Å². The Hall–Kier alpha value is 0.430. The third-order valence-electron chi connectivity index (χ3n) is 7.25. The van der Waals surface area contributed by atoms with E-state index < -0.39 is 0 Å². The second kappa shape index (κ2) is 5.22. The van der Waals surface area contributed by atoms with Gasteiger partial charge in [0, 0.05) is 3.42 Å². The zero-order chi connectivity index (χ0) is 15.5. The van der Waals surface area contributed by atoms with Crippen molar-refractivity contribution < 1.29 is 5.11 Å². The zero-order valence-corrected chi connectivity index (χ0v) is 16.2. The molecule has 0 spiro atoms. The van der Waals surface area contributed by atoms with Crippen molar-refractivity contribution in [1.82, 2.24) is 0 Å². The molecular formula is C19H31IO. The summed E-state index contributed by atoms with van der Waals surface area (Å²) in [6.07, 6.45) is 11.5. The number of alkyl halides is 1. The molecule has 0 radical (unpaired) electrons. The first kappa shape index (κ1) is 16.3. The summed E-state index contributed by atoms with van der Waals surface area (Å²) < 4.78 is 0.456. The summed E-state index contributed by atoms with van der Waals surface area (Å²) >= 11 is 2.67. The van der Waals surface area contributed by atoms with Crippen molar-refractivity contribution >= 4 is 22.6 Å². The highest BCUT2D eigenvalue weighted by Crippen LogP contribution is 2.64. The van der Waals surface area contributed by atoms with Crippen LogP contribution in [0.25, 0.3) is 0 Å². The first-order valence-electron chi connectivity index (χ1n) is 8.77. The summed E-state index contributed by atoms with van der Waals surface area (Å²) in [6, 6.07) is 0. The molecule has 0 saturated heterocycles. The molecule has 6 atom stereocenters. The van der Waals surface area contributed by atoms with E-state index >= 15 is 0 Å². The van der Waals surface area contributed by atoms with E-state index in [1.165, 1.54) is 44.9 Å². The number of fused-ring (bicyclic) bond motifs is 3. The monoisotopic (exact) mass is 402 g/mol. The Bertz CT molecular complexity index is 452. The van der Waals surface area contributed by atoms with Gasteiger partial charge in [0.15, 0.2) is 0 Å². The number of allylic oxidation sites excluding steroid dienone is 2. The van der Waals surface area contributed by atoms with Gasteiger partial charge in [-0.3, -0.25) is 0 Å². The maximum atomic E-state index is 10.4. The maximum absolute atomic E-state index is 10.4. The van der Waals surface area contributed by atoms with E-state index in [1.807, 2.05) is 6.92 Å². The molecule has 0 amide bonds. The van der Waals surface area contributed by atoms with E-state index in [2.05, 4.69) is 49.4 Å². The van der Waals surface area contributed by atoms with Crippen LogP contribution in [0.2, 0.25) is 0 Å². The zero-order valence-electron chi connectivity index (χ0n) is 14.1. The molecule has 0 bridgehead atoms. The molecule has 1 N–H and O–H groups in total. The topological polar surface area (TPSA) is 20.2 Å². The molecule has 120 valence electrons. The smallest absolute Gasteiger partial charge is 0.0568 e. The third-order valence-corrected chi connectivity index (χ3v) is 8.13. The summed E-state index contributed by atoms with van der Waals surface area (Å²) in [4.78, 5) is 0. The second-order valence-electron chi connectivity index (χ2n) is 8.76. The highest BCUT2D eigenvalue weighted by atomic mass is 127. The molecule has 3 aliphatic carbocycles. The van der Waals surface area contributed by atoms with E-state index in [1.54, 1.807) is 5.57 Å². The van der Waals surface area contributed by atoms with Crippen molar-refractivity contribution in [2.24, 2.45) is 22.7 Å². The Balaban J connectivity index is 1.98. The predicted molar refractivity (Wildman–Crippen MR) is 97.7 cm³/mol. The summed E-state index contributed by atoms with van der Waals surface area (Å²) in [5.41, 5.74) is 2.23. The molecule has 0 aromatic rings. The summed E-state index contributed by atoms with van der Waals surface area (Å²) in [7, 11) is 0. The number of hydrogen-bond acceptors (Lipinski definition) is 1. The van der Waals surface area contributed by atoms with Crippen LogP contribution in [-0.2, 0) is 0 Å². The molecule has 3 rings (SSSR count). The Kier molecular flexibility index (Phi) is 4.05. The lowest BCUT2D eigenvalue weighted by atomic mass is 9.46. The van der Waals surface area contributed by atoms with E-state index in [9.17, 15) is 5.11 Å². The van der Waals surface area contributed by atoms with Gasteiger partial charge in [0.05, 0.1) is 6.10 Å². The average molecular weight is 402 g/mol. The molecule has 2 saturated carbocycles. The van der Waals surface area contributed by atoms with Crippen LogP contribution >= 0.6 is 22.6 Å². The van der Waals surface area contributed by atoms with Crippen molar-refractivity contribution in [1.29, 1.82) is 0 Å². The van der Waals surface area contributed by atoms with Gasteiger partial charge in [-0.1, -0.05) is 61.4 Å². The molecule has 2 fully saturated rings. The lowest BCUT2D eigenvalue weighted by Crippen LogP contribution is -2.53. The fourth-order valence-corrected chi connectivity index (χ4v) is 6.68. The van der Waals surface area contributed by atoms with E-state index in [0.29, 0.717) is 14.8 Å². The van der Waals surface area contributed by atoms with Gasteiger partial charge in [-0.2, -0.15) is 0 Å². The van der Waals surface area contributed by atoms with Gasteiger partial charge in [-0.25, -0.2) is 0 Å². The van der Waals surface area contributed by atoms with Crippen LogP contribution in [0, 0.1) is 22.7 Å². The van der Waals surface area contributed by atoms with Crippen molar-refractivity contribution in [3.05, 3.63) is 11.6 Å². The van der Waals surface area contributed by atoms with Crippen LogP contribution < -0.4 is 0 Å². The Morgan fingerprint density at radius 3 is 2.62 bits per heavy atom. The molecule has 0 heterocycles. The summed E-state index contributed by atoms with van der Waals surface area (Å²) in [5.74, 6) is 1.47. The number of aliphatic hydroxyl groups excluding tert-OH is 1. The minimum atomic E-state index is -0.183. The Morgan fingerprint density at radius 2 is 1.95 bits per heavy atom. The normalized spacial score (nSPS) is 51.6. The van der Waals surface area contributed by atoms with Gasteiger partial charge >= 0.3 is 0 Å².